The molecular formula is C19H12BrCl2N3S. The summed E-state index contributed by atoms with van der Waals surface area (Å²) in [5.74, 6) is 0. The molecular weight excluding hydrogens is 453 g/mol. The van der Waals surface area contributed by atoms with E-state index in [4.69, 9.17) is 23.2 Å². The third kappa shape index (κ3) is 4.28. The van der Waals surface area contributed by atoms with Crippen LogP contribution in [-0.2, 0) is 0 Å². The molecule has 0 unspecified atom stereocenters. The van der Waals surface area contributed by atoms with E-state index in [9.17, 15) is 5.26 Å². The lowest BCUT2D eigenvalue weighted by molar-refractivity contribution is 1.36. The number of anilines is 1. The maximum atomic E-state index is 9.49. The van der Waals surface area contributed by atoms with E-state index in [2.05, 4.69) is 32.3 Å². The molecule has 1 N–H and O–H groups in total. The Kier molecular flexibility index (Phi) is 6.00. The minimum atomic E-state index is 0.453. The molecule has 0 aliphatic heterocycles. The summed E-state index contributed by atoms with van der Waals surface area (Å²) in [5, 5.41) is 16.1. The van der Waals surface area contributed by atoms with Gasteiger partial charge in [0.15, 0.2) is 0 Å². The second-order valence-electron chi connectivity index (χ2n) is 5.46. The zero-order valence-corrected chi connectivity index (χ0v) is 17.5. The van der Waals surface area contributed by atoms with Crippen LogP contribution in [0.25, 0.3) is 16.8 Å². The smallest absolute Gasteiger partial charge is 0.136 e. The lowest BCUT2D eigenvalue weighted by Crippen LogP contribution is -1.92. The molecule has 0 saturated carbocycles. The fraction of sp³-hybridized carbons (Fsp3) is 0.0526. The van der Waals surface area contributed by atoms with E-state index in [1.165, 1.54) is 11.3 Å². The third-order valence-corrected chi connectivity index (χ3v) is 5.84. The first-order chi connectivity index (χ1) is 12.5. The monoisotopic (exact) mass is 463 g/mol. The van der Waals surface area contributed by atoms with Gasteiger partial charge in [0.1, 0.15) is 16.6 Å². The van der Waals surface area contributed by atoms with Crippen LogP contribution in [0, 0.1) is 18.3 Å². The first-order valence-corrected chi connectivity index (χ1v) is 9.95. The number of nitrogens with zero attached hydrogens (tertiary/aromatic N) is 2. The normalized spacial score (nSPS) is 11.3. The molecule has 0 aliphatic rings. The average Bonchev–Trinajstić information content (AvgIpc) is 3.09. The zero-order valence-electron chi connectivity index (χ0n) is 13.6. The summed E-state index contributed by atoms with van der Waals surface area (Å²) in [5.41, 5.74) is 4.09. The molecule has 3 aromatic rings. The molecule has 2 aromatic carbocycles. The number of thiazole rings is 1. The van der Waals surface area contributed by atoms with Gasteiger partial charge in [0.05, 0.1) is 21.4 Å². The molecule has 0 bridgehead atoms. The predicted molar refractivity (Wildman–Crippen MR) is 114 cm³/mol. The van der Waals surface area contributed by atoms with Gasteiger partial charge in [0.2, 0.25) is 0 Å². The summed E-state index contributed by atoms with van der Waals surface area (Å²) in [6, 6.07) is 13.5. The summed E-state index contributed by atoms with van der Waals surface area (Å²) in [4.78, 5) is 4.55. The van der Waals surface area contributed by atoms with E-state index in [0.29, 0.717) is 20.6 Å². The Morgan fingerprint density at radius 1 is 1.23 bits per heavy atom. The second-order valence-corrected chi connectivity index (χ2v) is 7.99. The van der Waals surface area contributed by atoms with Gasteiger partial charge in [-0.2, -0.15) is 5.26 Å². The summed E-state index contributed by atoms with van der Waals surface area (Å²) in [6.07, 6.45) is 1.66. The fourth-order valence-electron chi connectivity index (χ4n) is 2.21. The van der Waals surface area contributed by atoms with Crippen LogP contribution in [0.5, 0.6) is 0 Å². The zero-order chi connectivity index (χ0) is 18.7. The maximum absolute atomic E-state index is 9.49. The molecule has 130 valence electrons. The van der Waals surface area contributed by atoms with Gasteiger partial charge in [0.25, 0.3) is 0 Å². The molecule has 0 aliphatic carbocycles. The average molecular weight is 465 g/mol. The topological polar surface area (TPSA) is 48.7 Å². The van der Waals surface area contributed by atoms with E-state index in [-0.39, 0.29) is 0 Å². The highest BCUT2D eigenvalue weighted by atomic mass is 79.9. The molecule has 0 saturated heterocycles. The second kappa shape index (κ2) is 8.24. The SMILES string of the molecule is Cc1ccc(N/C=C(\C#N)c2nc(-c3ccc(Cl)c(Cl)c3)cs2)c(Br)c1. The molecule has 3 nitrogen and oxygen atoms in total. The predicted octanol–water partition coefficient (Wildman–Crippen LogP) is 7.16. The van der Waals surface area contributed by atoms with Gasteiger partial charge in [-0.15, -0.1) is 11.3 Å². The van der Waals surface area contributed by atoms with Crippen molar-refractivity contribution in [1.82, 2.24) is 4.98 Å². The Bertz CT molecular complexity index is 1040. The number of benzene rings is 2. The van der Waals surface area contributed by atoms with Gasteiger partial charge < -0.3 is 5.32 Å². The highest BCUT2D eigenvalue weighted by Gasteiger charge is 2.10. The van der Waals surface area contributed by atoms with E-state index in [0.717, 1.165) is 27.0 Å². The van der Waals surface area contributed by atoms with Crippen molar-refractivity contribution in [3.8, 4) is 17.3 Å². The summed E-state index contributed by atoms with van der Waals surface area (Å²) >= 11 is 16.9. The molecule has 0 radical (unpaired) electrons. The summed E-state index contributed by atoms with van der Waals surface area (Å²) in [7, 11) is 0. The number of hydrogen-bond donors (Lipinski definition) is 1. The maximum Gasteiger partial charge on any atom is 0.136 e. The van der Waals surface area contributed by atoms with E-state index in [1.807, 2.05) is 36.6 Å². The lowest BCUT2D eigenvalue weighted by Gasteiger charge is -2.05. The Labute approximate surface area is 174 Å². The Morgan fingerprint density at radius 2 is 2.04 bits per heavy atom. The van der Waals surface area contributed by atoms with Crippen molar-refractivity contribution in [2.75, 3.05) is 5.32 Å². The van der Waals surface area contributed by atoms with Crippen molar-refractivity contribution in [2.45, 2.75) is 6.92 Å². The molecule has 7 heteroatoms. The van der Waals surface area contributed by atoms with Gasteiger partial charge in [-0.1, -0.05) is 35.3 Å². The third-order valence-electron chi connectivity index (χ3n) is 3.57. The van der Waals surface area contributed by atoms with Crippen molar-refractivity contribution in [1.29, 1.82) is 5.26 Å². The molecule has 1 heterocycles. The number of rotatable bonds is 4. The Hall–Kier alpha value is -1.84. The number of halogens is 3. The summed E-state index contributed by atoms with van der Waals surface area (Å²) < 4.78 is 0.932. The summed E-state index contributed by atoms with van der Waals surface area (Å²) in [6.45, 7) is 2.02. The van der Waals surface area contributed by atoms with Crippen LogP contribution in [-0.4, -0.2) is 4.98 Å². The Morgan fingerprint density at radius 3 is 2.73 bits per heavy atom. The van der Waals surface area contributed by atoms with Gasteiger partial charge in [-0.3, -0.25) is 0 Å². The van der Waals surface area contributed by atoms with Crippen LogP contribution >= 0.6 is 50.5 Å². The minimum Gasteiger partial charge on any atom is -0.359 e. The highest BCUT2D eigenvalue weighted by molar-refractivity contribution is 9.10. The van der Waals surface area contributed by atoms with Crippen LogP contribution < -0.4 is 5.32 Å². The van der Waals surface area contributed by atoms with Crippen molar-refractivity contribution in [3.63, 3.8) is 0 Å². The number of nitriles is 1. The van der Waals surface area contributed by atoms with Crippen LogP contribution in [0.4, 0.5) is 5.69 Å². The fourth-order valence-corrected chi connectivity index (χ4v) is 3.91. The van der Waals surface area contributed by atoms with Crippen molar-refractivity contribution in [3.05, 3.63) is 73.1 Å². The molecule has 0 spiro atoms. The molecule has 26 heavy (non-hydrogen) atoms. The van der Waals surface area contributed by atoms with Gasteiger partial charge in [-0.05, 0) is 52.7 Å². The molecule has 3 rings (SSSR count). The van der Waals surface area contributed by atoms with E-state index in [1.54, 1.807) is 18.3 Å². The first kappa shape index (κ1) is 18.9. The quantitative estimate of drug-likeness (QED) is 0.416. The Balaban J connectivity index is 1.86. The molecule has 0 atom stereocenters. The highest BCUT2D eigenvalue weighted by Crippen LogP contribution is 2.31. The first-order valence-electron chi connectivity index (χ1n) is 7.52. The number of aromatic nitrogens is 1. The van der Waals surface area contributed by atoms with E-state index < -0.39 is 0 Å². The number of nitrogens with one attached hydrogen (secondary N) is 1. The molecule has 0 amide bonds. The number of hydrogen-bond acceptors (Lipinski definition) is 4. The standard InChI is InChI=1S/C19H12BrCl2N3S/c1-11-2-5-17(14(20)6-11)24-9-13(8-23)19-25-18(10-26-19)12-3-4-15(21)16(22)7-12/h2-7,9-10,24H,1H3/b13-9+. The number of allylic oxidation sites excluding steroid dienone is 1. The van der Waals surface area contributed by atoms with Gasteiger partial charge >= 0.3 is 0 Å². The largest absolute Gasteiger partial charge is 0.359 e. The number of aryl methyl sites for hydroxylation is 1. The van der Waals surface area contributed by atoms with Crippen LogP contribution in [0.2, 0.25) is 10.0 Å². The molecule has 1 aromatic heterocycles. The van der Waals surface area contributed by atoms with Crippen LogP contribution in [0.3, 0.4) is 0 Å². The van der Waals surface area contributed by atoms with Crippen LogP contribution in [0.1, 0.15) is 10.6 Å². The van der Waals surface area contributed by atoms with Crippen molar-refractivity contribution in [2.24, 2.45) is 0 Å². The lowest BCUT2D eigenvalue weighted by atomic mass is 10.2. The van der Waals surface area contributed by atoms with Crippen LogP contribution in [0.15, 0.2) is 52.5 Å². The molecule has 0 fully saturated rings. The van der Waals surface area contributed by atoms with Crippen molar-refractivity contribution >= 4 is 61.7 Å². The van der Waals surface area contributed by atoms with Gasteiger partial charge in [0, 0.05) is 21.6 Å². The minimum absolute atomic E-state index is 0.453. The van der Waals surface area contributed by atoms with Crippen molar-refractivity contribution < 1.29 is 0 Å². The van der Waals surface area contributed by atoms with Gasteiger partial charge in [-0.25, -0.2) is 4.98 Å². The van der Waals surface area contributed by atoms with E-state index >= 15 is 0 Å².